The average molecular weight is 274 g/mol. The molecule has 1 N–H and O–H groups in total. The van der Waals surface area contributed by atoms with Gasteiger partial charge in [-0.05, 0) is 18.9 Å². The standard InChI is InChI=1S/C10H11FN2O4S/c1-17-10(14)7-4-9(12-5-8(7)11)13-18(15,16)6-2-3-6/h4-6H,2-3H2,1H3,(H,12,13). The molecule has 0 spiro atoms. The molecule has 1 fully saturated rings. The Bertz CT molecular complexity index is 584. The van der Waals surface area contributed by atoms with Crippen LogP contribution in [0.2, 0.25) is 0 Å². The maximum atomic E-state index is 13.3. The first-order chi connectivity index (χ1) is 8.44. The van der Waals surface area contributed by atoms with E-state index in [0.717, 1.165) is 19.4 Å². The molecule has 0 unspecified atom stereocenters. The van der Waals surface area contributed by atoms with Gasteiger partial charge in [0.2, 0.25) is 10.0 Å². The molecular formula is C10H11FN2O4S. The number of hydrogen-bond donors (Lipinski definition) is 1. The molecule has 1 saturated carbocycles. The molecule has 2 rings (SSSR count). The van der Waals surface area contributed by atoms with Gasteiger partial charge in [-0.1, -0.05) is 0 Å². The van der Waals surface area contributed by atoms with E-state index in [-0.39, 0.29) is 11.4 Å². The summed E-state index contributed by atoms with van der Waals surface area (Å²) in [5, 5.41) is -0.425. The lowest BCUT2D eigenvalue weighted by Gasteiger charge is -2.07. The Hall–Kier alpha value is -1.70. The van der Waals surface area contributed by atoms with Crippen LogP contribution in [0.1, 0.15) is 23.2 Å². The van der Waals surface area contributed by atoms with E-state index in [2.05, 4.69) is 14.4 Å². The highest BCUT2D eigenvalue weighted by Gasteiger charge is 2.36. The van der Waals surface area contributed by atoms with Gasteiger partial charge in [-0.2, -0.15) is 0 Å². The predicted octanol–water partition coefficient (Wildman–Crippen LogP) is 0.911. The molecule has 1 aromatic rings. The number of halogens is 1. The van der Waals surface area contributed by atoms with Gasteiger partial charge in [0.25, 0.3) is 0 Å². The topological polar surface area (TPSA) is 85.4 Å². The summed E-state index contributed by atoms with van der Waals surface area (Å²) < 4.78 is 43.1. The van der Waals surface area contributed by atoms with Crippen LogP contribution >= 0.6 is 0 Å². The quantitative estimate of drug-likeness (QED) is 0.825. The predicted molar refractivity (Wildman–Crippen MR) is 61.1 cm³/mol. The number of sulfonamides is 1. The van der Waals surface area contributed by atoms with Crippen molar-refractivity contribution in [2.24, 2.45) is 0 Å². The molecule has 0 bridgehead atoms. The summed E-state index contributed by atoms with van der Waals surface area (Å²) in [7, 11) is -2.38. The number of rotatable bonds is 4. The van der Waals surface area contributed by atoms with Gasteiger partial charge in [-0.25, -0.2) is 22.6 Å². The van der Waals surface area contributed by atoms with Crippen LogP contribution in [0, 0.1) is 5.82 Å². The van der Waals surface area contributed by atoms with Crippen molar-refractivity contribution in [2.75, 3.05) is 11.8 Å². The molecular weight excluding hydrogens is 263 g/mol. The van der Waals surface area contributed by atoms with E-state index in [9.17, 15) is 17.6 Å². The van der Waals surface area contributed by atoms with Crippen molar-refractivity contribution in [3.05, 3.63) is 23.6 Å². The van der Waals surface area contributed by atoms with Crippen molar-refractivity contribution in [3.8, 4) is 0 Å². The Morgan fingerprint density at radius 1 is 1.56 bits per heavy atom. The van der Waals surface area contributed by atoms with Crippen molar-refractivity contribution in [1.82, 2.24) is 4.98 Å². The largest absolute Gasteiger partial charge is 0.465 e. The zero-order valence-electron chi connectivity index (χ0n) is 9.51. The number of carbonyl (C=O) groups excluding carboxylic acids is 1. The number of carbonyl (C=O) groups is 1. The molecule has 0 amide bonds. The van der Waals surface area contributed by atoms with Gasteiger partial charge < -0.3 is 4.74 Å². The molecule has 0 aliphatic heterocycles. The number of aromatic nitrogens is 1. The Kier molecular flexibility index (Phi) is 3.20. The highest BCUT2D eigenvalue weighted by atomic mass is 32.2. The molecule has 98 valence electrons. The zero-order valence-corrected chi connectivity index (χ0v) is 10.3. The lowest BCUT2D eigenvalue weighted by Crippen LogP contribution is -2.19. The normalized spacial score (nSPS) is 15.2. The molecule has 1 aliphatic rings. The van der Waals surface area contributed by atoms with Gasteiger partial charge in [0.1, 0.15) is 11.4 Å². The smallest absolute Gasteiger partial charge is 0.341 e. The van der Waals surface area contributed by atoms with Crippen LogP contribution in [0.3, 0.4) is 0 Å². The molecule has 6 nitrogen and oxygen atoms in total. The maximum Gasteiger partial charge on any atom is 0.341 e. The van der Waals surface area contributed by atoms with Crippen LogP contribution in [0.25, 0.3) is 0 Å². The molecule has 0 saturated heterocycles. The minimum absolute atomic E-state index is 0.0938. The number of nitrogens with zero attached hydrogens (tertiary/aromatic N) is 1. The van der Waals surface area contributed by atoms with Crippen molar-refractivity contribution >= 4 is 21.8 Å². The van der Waals surface area contributed by atoms with Crippen LogP contribution in [0.15, 0.2) is 12.3 Å². The van der Waals surface area contributed by atoms with E-state index in [1.54, 1.807) is 0 Å². The van der Waals surface area contributed by atoms with Crippen molar-refractivity contribution in [3.63, 3.8) is 0 Å². The maximum absolute atomic E-state index is 13.3. The molecule has 1 heterocycles. The average Bonchev–Trinajstić information content (AvgIpc) is 3.14. The van der Waals surface area contributed by atoms with E-state index < -0.39 is 27.1 Å². The summed E-state index contributed by atoms with van der Waals surface area (Å²) in [5.41, 5.74) is -0.360. The fourth-order valence-corrected chi connectivity index (χ4v) is 2.69. The number of hydrogen-bond acceptors (Lipinski definition) is 5. The van der Waals surface area contributed by atoms with Crippen molar-refractivity contribution in [2.45, 2.75) is 18.1 Å². The number of esters is 1. The molecule has 8 heteroatoms. The van der Waals surface area contributed by atoms with Crippen LogP contribution in [0.4, 0.5) is 10.2 Å². The van der Waals surface area contributed by atoms with E-state index in [0.29, 0.717) is 12.8 Å². The summed E-state index contributed by atoms with van der Waals surface area (Å²) in [4.78, 5) is 14.8. The molecule has 1 aromatic heterocycles. The first-order valence-corrected chi connectivity index (χ1v) is 6.74. The molecule has 0 atom stereocenters. The molecule has 1 aliphatic carbocycles. The second-order valence-electron chi connectivity index (χ2n) is 3.89. The Morgan fingerprint density at radius 2 is 2.22 bits per heavy atom. The van der Waals surface area contributed by atoms with Gasteiger partial charge in [-0.3, -0.25) is 4.72 Å². The van der Waals surface area contributed by atoms with Crippen LogP contribution in [-0.4, -0.2) is 31.7 Å². The third kappa shape index (κ3) is 2.58. The third-order valence-corrected chi connectivity index (χ3v) is 4.31. The number of ether oxygens (including phenoxy) is 1. The summed E-state index contributed by atoms with van der Waals surface area (Å²) in [6.45, 7) is 0. The van der Waals surface area contributed by atoms with Crippen LogP contribution in [0.5, 0.6) is 0 Å². The second kappa shape index (κ2) is 4.52. The molecule has 0 aromatic carbocycles. The summed E-state index contributed by atoms with van der Waals surface area (Å²) in [6, 6.07) is 1.01. The minimum atomic E-state index is -3.49. The van der Waals surface area contributed by atoms with Gasteiger partial charge in [-0.15, -0.1) is 0 Å². The monoisotopic (exact) mass is 274 g/mol. The highest BCUT2D eigenvalue weighted by Crippen LogP contribution is 2.29. The fraction of sp³-hybridized carbons (Fsp3) is 0.400. The molecule has 0 radical (unpaired) electrons. The SMILES string of the molecule is COC(=O)c1cc(NS(=O)(=O)C2CC2)ncc1F. The van der Waals surface area contributed by atoms with E-state index >= 15 is 0 Å². The number of anilines is 1. The number of nitrogens with one attached hydrogen (secondary N) is 1. The third-order valence-electron chi connectivity index (χ3n) is 2.47. The van der Waals surface area contributed by atoms with Gasteiger partial charge in [0.15, 0.2) is 5.82 Å². The van der Waals surface area contributed by atoms with Gasteiger partial charge >= 0.3 is 5.97 Å². The van der Waals surface area contributed by atoms with Crippen LogP contribution < -0.4 is 4.72 Å². The fourth-order valence-electron chi connectivity index (χ4n) is 1.37. The second-order valence-corrected chi connectivity index (χ2v) is 5.85. The summed E-state index contributed by atoms with van der Waals surface area (Å²) >= 11 is 0. The number of methoxy groups -OCH3 is 1. The number of pyridine rings is 1. The Morgan fingerprint density at radius 3 is 2.78 bits per heavy atom. The van der Waals surface area contributed by atoms with Crippen molar-refractivity contribution < 1.29 is 22.3 Å². The first-order valence-electron chi connectivity index (χ1n) is 5.19. The van der Waals surface area contributed by atoms with Gasteiger partial charge in [0.05, 0.1) is 18.6 Å². The lowest BCUT2D eigenvalue weighted by molar-refractivity contribution is 0.0595. The van der Waals surface area contributed by atoms with Gasteiger partial charge in [0, 0.05) is 0 Å². The Balaban J connectivity index is 2.27. The zero-order chi connectivity index (χ0) is 13.3. The van der Waals surface area contributed by atoms with E-state index in [4.69, 9.17) is 0 Å². The molecule has 18 heavy (non-hydrogen) atoms. The minimum Gasteiger partial charge on any atom is -0.465 e. The van der Waals surface area contributed by atoms with Crippen LogP contribution in [-0.2, 0) is 14.8 Å². The first kappa shape index (κ1) is 12.7. The highest BCUT2D eigenvalue weighted by molar-refractivity contribution is 7.93. The lowest BCUT2D eigenvalue weighted by atomic mass is 10.2. The van der Waals surface area contributed by atoms with Crippen molar-refractivity contribution in [1.29, 1.82) is 0 Å². The summed E-state index contributed by atoms with van der Waals surface area (Å²) in [6.07, 6.45) is 1.97. The Labute approximate surface area is 103 Å². The summed E-state index contributed by atoms with van der Waals surface area (Å²) in [5.74, 6) is -1.85. The van der Waals surface area contributed by atoms with E-state index in [1.165, 1.54) is 0 Å². The van der Waals surface area contributed by atoms with E-state index in [1.807, 2.05) is 0 Å².